The molecule has 0 aromatic heterocycles. The quantitative estimate of drug-likeness (QED) is 0.782. The van der Waals surface area contributed by atoms with Crippen molar-refractivity contribution in [3.63, 3.8) is 0 Å². The van der Waals surface area contributed by atoms with Crippen molar-refractivity contribution >= 4 is 5.91 Å². The van der Waals surface area contributed by atoms with Crippen LogP contribution in [0.5, 0.6) is 0 Å². The number of aliphatic hydroxyl groups is 1. The molecule has 4 nitrogen and oxygen atoms in total. The summed E-state index contributed by atoms with van der Waals surface area (Å²) in [7, 11) is 0. The molecule has 0 aliphatic carbocycles. The number of nitriles is 1. The van der Waals surface area contributed by atoms with E-state index >= 15 is 0 Å². The fourth-order valence-electron chi connectivity index (χ4n) is 2.26. The van der Waals surface area contributed by atoms with E-state index < -0.39 is 0 Å². The molecule has 16 heavy (non-hydrogen) atoms. The molecule has 1 heterocycles. The Hall–Kier alpha value is -1.08. The Balaban J connectivity index is 2.53. The highest BCUT2D eigenvalue weighted by molar-refractivity contribution is 5.78. The minimum Gasteiger partial charge on any atom is -0.393 e. The normalized spacial score (nSPS) is 25.6. The van der Waals surface area contributed by atoms with Crippen LogP contribution in [0, 0.1) is 23.2 Å². The van der Waals surface area contributed by atoms with Gasteiger partial charge in [0.05, 0.1) is 12.2 Å². The van der Waals surface area contributed by atoms with Gasteiger partial charge in [-0.05, 0) is 18.8 Å². The lowest BCUT2D eigenvalue weighted by molar-refractivity contribution is -0.134. The van der Waals surface area contributed by atoms with Gasteiger partial charge < -0.3 is 10.0 Å². The van der Waals surface area contributed by atoms with E-state index in [1.54, 1.807) is 4.90 Å². The van der Waals surface area contributed by atoms with Gasteiger partial charge in [-0.2, -0.15) is 5.26 Å². The second kappa shape index (κ2) is 5.86. The molecule has 0 spiro atoms. The maximum atomic E-state index is 11.6. The largest absolute Gasteiger partial charge is 0.393 e. The maximum absolute atomic E-state index is 11.6. The standard InChI is InChI=1S/C12H20N2O2/c1-9(2)7-10-8-14(6-4-11(10)15)12(16)3-5-13/h9-11,15H,3-4,6-8H2,1-2H3/t10-,11+/m0/s1. The molecule has 0 unspecified atom stereocenters. The summed E-state index contributed by atoms with van der Waals surface area (Å²) in [4.78, 5) is 13.3. The Morgan fingerprint density at radius 3 is 2.88 bits per heavy atom. The van der Waals surface area contributed by atoms with E-state index in [2.05, 4.69) is 13.8 Å². The van der Waals surface area contributed by atoms with E-state index in [4.69, 9.17) is 5.26 Å². The van der Waals surface area contributed by atoms with Gasteiger partial charge in [0.25, 0.3) is 0 Å². The zero-order valence-corrected chi connectivity index (χ0v) is 10.0. The van der Waals surface area contributed by atoms with Crippen LogP contribution in [-0.4, -0.2) is 35.1 Å². The Bertz CT molecular complexity index is 283. The molecule has 0 aromatic rings. The number of rotatable bonds is 3. The van der Waals surface area contributed by atoms with Gasteiger partial charge in [0.1, 0.15) is 6.42 Å². The molecule has 0 bridgehead atoms. The van der Waals surface area contributed by atoms with Crippen molar-refractivity contribution in [3.8, 4) is 6.07 Å². The summed E-state index contributed by atoms with van der Waals surface area (Å²) >= 11 is 0. The van der Waals surface area contributed by atoms with Gasteiger partial charge in [-0.25, -0.2) is 0 Å². The smallest absolute Gasteiger partial charge is 0.236 e. The van der Waals surface area contributed by atoms with Gasteiger partial charge in [0.2, 0.25) is 5.91 Å². The van der Waals surface area contributed by atoms with Crippen LogP contribution >= 0.6 is 0 Å². The molecule has 0 radical (unpaired) electrons. The fraction of sp³-hybridized carbons (Fsp3) is 0.833. The highest BCUT2D eigenvalue weighted by atomic mass is 16.3. The number of likely N-dealkylation sites (tertiary alicyclic amines) is 1. The third-order valence-corrected chi connectivity index (χ3v) is 3.05. The predicted molar refractivity (Wildman–Crippen MR) is 60.4 cm³/mol. The lowest BCUT2D eigenvalue weighted by Crippen LogP contribution is -2.46. The van der Waals surface area contributed by atoms with E-state index in [-0.39, 0.29) is 24.3 Å². The van der Waals surface area contributed by atoms with Crippen LogP contribution < -0.4 is 0 Å². The van der Waals surface area contributed by atoms with Gasteiger partial charge in [-0.3, -0.25) is 4.79 Å². The first-order chi connectivity index (χ1) is 7.54. The van der Waals surface area contributed by atoms with Crippen LogP contribution in [0.1, 0.15) is 33.1 Å². The molecule has 1 amide bonds. The van der Waals surface area contributed by atoms with E-state index in [1.807, 2.05) is 6.07 Å². The van der Waals surface area contributed by atoms with Crippen molar-refractivity contribution in [2.75, 3.05) is 13.1 Å². The lowest BCUT2D eigenvalue weighted by Gasteiger charge is -2.36. The minimum atomic E-state index is -0.298. The van der Waals surface area contributed by atoms with Crippen molar-refractivity contribution < 1.29 is 9.90 Å². The first-order valence-corrected chi connectivity index (χ1v) is 5.87. The van der Waals surface area contributed by atoms with Crippen molar-refractivity contribution in [1.82, 2.24) is 4.90 Å². The number of carbonyl (C=O) groups is 1. The average Bonchev–Trinajstić information content (AvgIpc) is 2.21. The molecule has 1 fully saturated rings. The van der Waals surface area contributed by atoms with E-state index in [9.17, 15) is 9.90 Å². The van der Waals surface area contributed by atoms with Crippen molar-refractivity contribution in [2.45, 2.75) is 39.2 Å². The highest BCUT2D eigenvalue weighted by Crippen LogP contribution is 2.24. The summed E-state index contributed by atoms with van der Waals surface area (Å²) in [6.45, 7) is 5.40. The Kier molecular flexibility index (Phi) is 4.75. The van der Waals surface area contributed by atoms with Crippen LogP contribution in [0.25, 0.3) is 0 Å². The summed E-state index contributed by atoms with van der Waals surface area (Å²) in [6.07, 6.45) is 1.21. The average molecular weight is 224 g/mol. The van der Waals surface area contributed by atoms with Crippen LogP contribution in [0.3, 0.4) is 0 Å². The van der Waals surface area contributed by atoms with Gasteiger partial charge in [0, 0.05) is 19.0 Å². The summed E-state index contributed by atoms with van der Waals surface area (Å²) in [5.74, 6) is 0.574. The summed E-state index contributed by atoms with van der Waals surface area (Å²) in [6, 6.07) is 1.88. The Morgan fingerprint density at radius 2 is 2.31 bits per heavy atom. The summed E-state index contributed by atoms with van der Waals surface area (Å²) in [5, 5.41) is 18.3. The first-order valence-electron chi connectivity index (χ1n) is 5.87. The van der Waals surface area contributed by atoms with Gasteiger partial charge in [-0.15, -0.1) is 0 Å². The molecule has 1 saturated heterocycles. The SMILES string of the molecule is CC(C)C[C@H]1CN(C(=O)CC#N)CC[C@H]1O. The third-order valence-electron chi connectivity index (χ3n) is 3.05. The monoisotopic (exact) mass is 224 g/mol. The summed E-state index contributed by atoms with van der Waals surface area (Å²) < 4.78 is 0. The van der Waals surface area contributed by atoms with Crippen molar-refractivity contribution in [1.29, 1.82) is 5.26 Å². The van der Waals surface area contributed by atoms with Crippen LogP contribution in [0.15, 0.2) is 0 Å². The lowest BCUT2D eigenvalue weighted by atomic mass is 9.87. The van der Waals surface area contributed by atoms with E-state index in [0.717, 1.165) is 6.42 Å². The van der Waals surface area contributed by atoms with Crippen molar-refractivity contribution in [3.05, 3.63) is 0 Å². The second-order valence-electron chi connectivity index (χ2n) is 4.92. The third kappa shape index (κ3) is 3.49. The van der Waals surface area contributed by atoms with Crippen LogP contribution in [0.2, 0.25) is 0 Å². The Morgan fingerprint density at radius 1 is 1.62 bits per heavy atom. The highest BCUT2D eigenvalue weighted by Gasteiger charge is 2.30. The number of carbonyl (C=O) groups excluding carboxylic acids is 1. The van der Waals surface area contributed by atoms with E-state index in [1.165, 1.54) is 0 Å². The number of piperidine rings is 1. The van der Waals surface area contributed by atoms with Gasteiger partial charge in [-0.1, -0.05) is 13.8 Å². The number of hydrogen-bond acceptors (Lipinski definition) is 3. The number of nitrogens with zero attached hydrogens (tertiary/aromatic N) is 2. The number of hydrogen-bond donors (Lipinski definition) is 1. The fourth-order valence-corrected chi connectivity index (χ4v) is 2.26. The molecule has 0 aromatic carbocycles. The van der Waals surface area contributed by atoms with Crippen molar-refractivity contribution in [2.24, 2.45) is 11.8 Å². The molecule has 1 rings (SSSR count). The molecule has 4 heteroatoms. The number of aliphatic hydroxyl groups excluding tert-OH is 1. The maximum Gasteiger partial charge on any atom is 0.236 e. The van der Waals surface area contributed by atoms with Gasteiger partial charge in [0.15, 0.2) is 0 Å². The number of amides is 1. The van der Waals surface area contributed by atoms with Crippen LogP contribution in [-0.2, 0) is 4.79 Å². The minimum absolute atomic E-state index is 0.0511. The first kappa shape index (κ1) is 13.0. The van der Waals surface area contributed by atoms with Crippen LogP contribution in [0.4, 0.5) is 0 Å². The molecule has 1 N–H and O–H groups in total. The molecular formula is C12H20N2O2. The molecule has 90 valence electrons. The molecule has 1 aliphatic rings. The predicted octanol–water partition coefficient (Wildman–Crippen LogP) is 1.16. The molecule has 1 aliphatic heterocycles. The second-order valence-corrected chi connectivity index (χ2v) is 4.92. The zero-order valence-electron chi connectivity index (χ0n) is 10.0. The molecule has 2 atom stereocenters. The molecule has 0 saturated carbocycles. The summed E-state index contributed by atoms with van der Waals surface area (Å²) in [5.41, 5.74) is 0. The van der Waals surface area contributed by atoms with Gasteiger partial charge >= 0.3 is 0 Å². The topological polar surface area (TPSA) is 64.3 Å². The van der Waals surface area contributed by atoms with E-state index in [0.29, 0.717) is 25.4 Å². The zero-order chi connectivity index (χ0) is 12.1. The molecular weight excluding hydrogens is 204 g/mol. The Labute approximate surface area is 96.9 Å².